The van der Waals surface area contributed by atoms with Gasteiger partial charge in [-0.1, -0.05) is 0 Å². The van der Waals surface area contributed by atoms with E-state index in [1.807, 2.05) is 20.8 Å². The number of thiol groups is 1. The number of hydrogen-bond acceptors (Lipinski definition) is 5. The monoisotopic (exact) mass is 289 g/mol. The Kier molecular flexibility index (Phi) is 4.05. The summed E-state index contributed by atoms with van der Waals surface area (Å²) in [5, 5.41) is 10.3. The number of carbonyl (C=O) groups excluding carboxylic acids is 1. The van der Waals surface area contributed by atoms with Crippen molar-refractivity contribution in [3.05, 3.63) is 0 Å². The highest BCUT2D eigenvalue weighted by molar-refractivity contribution is 7.75. The quantitative estimate of drug-likeness (QED) is 0.617. The van der Waals surface area contributed by atoms with Gasteiger partial charge < -0.3 is 14.0 Å². The molecule has 2 fully saturated rings. The fraction of sp³-hybridized carbons (Fsp3) is 0.923. The molecule has 0 aromatic rings. The number of hydrogen-bond donors (Lipinski definition) is 2. The Labute approximate surface area is 119 Å². The van der Waals surface area contributed by atoms with Crippen LogP contribution in [-0.4, -0.2) is 46.0 Å². The van der Waals surface area contributed by atoms with E-state index in [-0.39, 0.29) is 12.1 Å². The molecule has 5 nitrogen and oxygen atoms in total. The Bertz CT molecular complexity index is 357. The van der Waals surface area contributed by atoms with Crippen LogP contribution in [0.4, 0.5) is 4.79 Å². The predicted molar refractivity (Wildman–Crippen MR) is 74.0 cm³/mol. The summed E-state index contributed by atoms with van der Waals surface area (Å²) in [5.41, 5.74) is -1.05. The molecule has 2 rings (SSSR count). The van der Waals surface area contributed by atoms with Crippen LogP contribution in [0, 0.1) is 0 Å². The van der Waals surface area contributed by atoms with Gasteiger partial charge in [0, 0.05) is 6.04 Å². The van der Waals surface area contributed by atoms with E-state index in [1.54, 1.807) is 4.90 Å². The zero-order chi connectivity index (χ0) is 14.3. The molecule has 0 aliphatic carbocycles. The van der Waals surface area contributed by atoms with Crippen molar-refractivity contribution in [2.45, 2.75) is 69.7 Å². The minimum absolute atomic E-state index is 0.0877. The van der Waals surface area contributed by atoms with Gasteiger partial charge >= 0.3 is 6.09 Å². The van der Waals surface area contributed by atoms with Crippen molar-refractivity contribution in [3.63, 3.8) is 0 Å². The Morgan fingerprint density at radius 3 is 2.74 bits per heavy atom. The van der Waals surface area contributed by atoms with Crippen molar-refractivity contribution in [2.24, 2.45) is 0 Å². The summed E-state index contributed by atoms with van der Waals surface area (Å²) in [5.74, 6) is 0. The first-order chi connectivity index (χ1) is 8.80. The average Bonchev–Trinajstić information content (AvgIpc) is 2.76. The van der Waals surface area contributed by atoms with Gasteiger partial charge in [-0.05, 0) is 59.4 Å². The normalized spacial score (nSPS) is 33.8. The molecule has 0 aromatic heterocycles. The van der Waals surface area contributed by atoms with E-state index < -0.39 is 17.2 Å². The number of aliphatic hydroxyl groups excluding tert-OH is 1. The van der Waals surface area contributed by atoms with Crippen LogP contribution >= 0.6 is 12.9 Å². The maximum atomic E-state index is 12.4. The molecular weight excluding hydrogens is 266 g/mol. The molecule has 0 saturated carbocycles. The largest absolute Gasteiger partial charge is 0.444 e. The van der Waals surface area contributed by atoms with Crippen molar-refractivity contribution in [3.8, 4) is 0 Å². The number of amides is 1. The highest BCUT2D eigenvalue weighted by Crippen LogP contribution is 2.49. The fourth-order valence-corrected chi connectivity index (χ4v) is 3.42. The van der Waals surface area contributed by atoms with Crippen LogP contribution < -0.4 is 0 Å². The highest BCUT2D eigenvalue weighted by atomic mass is 32.1. The summed E-state index contributed by atoms with van der Waals surface area (Å²) in [7, 11) is 0. The first-order valence-corrected chi connectivity index (χ1v) is 7.13. The molecule has 3 unspecified atom stereocenters. The number of rotatable bonds is 3. The topological polar surface area (TPSA) is 59.0 Å². The zero-order valence-corrected chi connectivity index (χ0v) is 12.7. The lowest BCUT2D eigenvalue weighted by Gasteiger charge is -2.37. The van der Waals surface area contributed by atoms with Crippen LogP contribution in [0.3, 0.4) is 0 Å². The molecule has 3 atom stereocenters. The molecule has 2 bridgehead atoms. The van der Waals surface area contributed by atoms with Gasteiger partial charge in [0.1, 0.15) is 5.60 Å². The minimum Gasteiger partial charge on any atom is -0.444 e. The van der Waals surface area contributed by atoms with Gasteiger partial charge in [-0.2, -0.15) is 0 Å². The van der Waals surface area contributed by atoms with Crippen molar-refractivity contribution in [1.29, 1.82) is 0 Å². The number of aliphatic hydroxyl groups is 1. The van der Waals surface area contributed by atoms with Gasteiger partial charge in [0.2, 0.25) is 0 Å². The van der Waals surface area contributed by atoms with E-state index in [4.69, 9.17) is 8.92 Å². The molecule has 19 heavy (non-hydrogen) atoms. The first kappa shape index (κ1) is 14.9. The smallest absolute Gasteiger partial charge is 0.411 e. The second-order valence-corrected chi connectivity index (χ2v) is 6.74. The number of ether oxygens (including phenoxy) is 1. The lowest BCUT2D eigenvalue weighted by Crippen LogP contribution is -2.52. The molecule has 0 aromatic carbocycles. The molecule has 2 aliphatic rings. The third-order valence-electron chi connectivity index (χ3n) is 4.09. The van der Waals surface area contributed by atoms with Crippen molar-refractivity contribution < 1.29 is 18.8 Å². The van der Waals surface area contributed by atoms with Crippen molar-refractivity contribution in [1.82, 2.24) is 4.90 Å². The summed E-state index contributed by atoms with van der Waals surface area (Å²) in [6.45, 7) is 5.96. The number of carbonyl (C=O) groups is 1. The SMILES string of the molecule is CC(C)(C)OC(=O)N1C2CCC1(CCOS)C(O)C2. The molecular formula is C13H23NO4S. The molecule has 2 aliphatic heterocycles. The van der Waals surface area contributed by atoms with E-state index in [0.29, 0.717) is 19.4 Å². The lowest BCUT2D eigenvalue weighted by molar-refractivity contribution is -0.0143. The summed E-state index contributed by atoms with van der Waals surface area (Å²) in [6.07, 6.45) is 2.12. The summed E-state index contributed by atoms with van der Waals surface area (Å²) in [6, 6.07) is 0.0877. The van der Waals surface area contributed by atoms with Gasteiger partial charge in [0.05, 0.1) is 18.2 Å². The summed E-state index contributed by atoms with van der Waals surface area (Å²) in [4.78, 5) is 14.1. The van der Waals surface area contributed by atoms with Crippen LogP contribution in [0.25, 0.3) is 0 Å². The number of fused-ring (bicyclic) bond motifs is 2. The van der Waals surface area contributed by atoms with E-state index in [9.17, 15) is 9.90 Å². The van der Waals surface area contributed by atoms with Gasteiger partial charge in [-0.25, -0.2) is 4.79 Å². The Morgan fingerprint density at radius 1 is 1.53 bits per heavy atom. The van der Waals surface area contributed by atoms with Gasteiger partial charge in [0.25, 0.3) is 0 Å². The highest BCUT2D eigenvalue weighted by Gasteiger charge is 2.60. The van der Waals surface area contributed by atoms with Crippen LogP contribution in [0.15, 0.2) is 0 Å². The lowest BCUT2D eigenvalue weighted by atomic mass is 9.83. The van der Waals surface area contributed by atoms with E-state index in [1.165, 1.54) is 0 Å². The van der Waals surface area contributed by atoms with Gasteiger partial charge in [-0.15, -0.1) is 0 Å². The summed E-state index contributed by atoms with van der Waals surface area (Å²) >= 11 is 3.75. The van der Waals surface area contributed by atoms with Gasteiger partial charge in [0.15, 0.2) is 0 Å². The second-order valence-electron chi connectivity index (χ2n) is 6.48. The van der Waals surface area contributed by atoms with Crippen molar-refractivity contribution in [2.75, 3.05) is 6.61 Å². The second kappa shape index (κ2) is 5.14. The van der Waals surface area contributed by atoms with Crippen molar-refractivity contribution >= 4 is 19.0 Å². The first-order valence-electron chi connectivity index (χ1n) is 6.77. The Hall–Kier alpha value is -0.460. The molecule has 0 radical (unpaired) electrons. The zero-order valence-electron chi connectivity index (χ0n) is 11.8. The molecule has 2 heterocycles. The van der Waals surface area contributed by atoms with E-state index in [2.05, 4.69) is 12.9 Å². The molecule has 1 amide bonds. The number of nitrogens with zero attached hydrogens (tertiary/aromatic N) is 1. The Balaban J connectivity index is 2.16. The average molecular weight is 289 g/mol. The minimum atomic E-state index is -0.532. The third kappa shape index (κ3) is 2.71. The molecule has 2 saturated heterocycles. The maximum absolute atomic E-state index is 12.4. The molecule has 1 N–H and O–H groups in total. The maximum Gasteiger partial charge on any atom is 0.411 e. The fourth-order valence-electron chi connectivity index (χ4n) is 3.33. The molecule has 6 heteroatoms. The van der Waals surface area contributed by atoms with E-state index >= 15 is 0 Å². The third-order valence-corrected chi connectivity index (χ3v) is 4.27. The van der Waals surface area contributed by atoms with Gasteiger partial charge in [-0.3, -0.25) is 4.90 Å². The standard InChI is InChI=1S/C13H23NO4S/c1-12(2,3)18-11(16)14-9-4-5-13(14,6-7-17-19)10(15)8-9/h9-10,15,19H,4-8H2,1-3H3. The predicted octanol–water partition coefficient (Wildman–Crippen LogP) is 2.14. The molecule has 0 spiro atoms. The Morgan fingerprint density at radius 2 is 2.21 bits per heavy atom. The van der Waals surface area contributed by atoms with Crippen LogP contribution in [-0.2, 0) is 8.92 Å². The van der Waals surface area contributed by atoms with Crippen LogP contribution in [0.5, 0.6) is 0 Å². The van der Waals surface area contributed by atoms with E-state index in [0.717, 1.165) is 12.8 Å². The summed E-state index contributed by atoms with van der Waals surface area (Å²) < 4.78 is 10.3. The van der Waals surface area contributed by atoms with Crippen LogP contribution in [0.1, 0.15) is 46.5 Å². The van der Waals surface area contributed by atoms with Crippen LogP contribution in [0.2, 0.25) is 0 Å². The molecule has 110 valence electrons.